The lowest BCUT2D eigenvalue weighted by Crippen LogP contribution is -2.37. The summed E-state index contributed by atoms with van der Waals surface area (Å²) in [6.45, 7) is 1.56. The van der Waals surface area contributed by atoms with Crippen LogP contribution in [-0.4, -0.2) is 29.8 Å². The average molecular weight is 258 g/mol. The third kappa shape index (κ3) is 2.12. The first-order chi connectivity index (χ1) is 9.25. The van der Waals surface area contributed by atoms with Gasteiger partial charge in [-0.1, -0.05) is 24.3 Å². The molecule has 2 aromatic rings. The molecule has 2 atom stereocenters. The van der Waals surface area contributed by atoms with Crippen LogP contribution in [-0.2, 0) is 4.74 Å². The molecule has 2 unspecified atom stereocenters. The van der Waals surface area contributed by atoms with Crippen molar-refractivity contribution in [3.63, 3.8) is 0 Å². The second kappa shape index (κ2) is 4.89. The molecule has 3 N–H and O–H groups in total. The van der Waals surface area contributed by atoms with Crippen LogP contribution in [0.2, 0.25) is 0 Å². The van der Waals surface area contributed by atoms with Crippen LogP contribution >= 0.6 is 0 Å². The standard InChI is InChI=1S/C15H18N2O2/c16-9-15(7-8-19-10-15)14(18)13-6-5-11-3-1-2-4-12(11)17-13/h1-6,14,18H,7-10,16H2. The fourth-order valence-electron chi connectivity index (χ4n) is 2.66. The monoisotopic (exact) mass is 258 g/mol. The number of aromatic nitrogens is 1. The van der Waals surface area contributed by atoms with Gasteiger partial charge < -0.3 is 15.6 Å². The molecule has 0 aliphatic carbocycles. The summed E-state index contributed by atoms with van der Waals surface area (Å²) < 4.78 is 5.41. The molecule has 2 heterocycles. The Bertz CT molecular complexity index is 579. The zero-order valence-electron chi connectivity index (χ0n) is 10.7. The molecule has 1 aliphatic heterocycles. The lowest BCUT2D eigenvalue weighted by atomic mass is 9.79. The Morgan fingerprint density at radius 2 is 2.16 bits per heavy atom. The van der Waals surface area contributed by atoms with Crippen LogP contribution in [0.3, 0.4) is 0 Å². The maximum absolute atomic E-state index is 10.6. The lowest BCUT2D eigenvalue weighted by Gasteiger charge is -2.31. The topological polar surface area (TPSA) is 68.4 Å². The number of ether oxygens (including phenoxy) is 1. The fraction of sp³-hybridized carbons (Fsp3) is 0.400. The van der Waals surface area contributed by atoms with Crippen LogP contribution in [0.4, 0.5) is 0 Å². The molecule has 0 saturated carbocycles. The molecule has 1 aliphatic rings. The van der Waals surface area contributed by atoms with Gasteiger partial charge in [0.05, 0.1) is 17.8 Å². The molecule has 1 saturated heterocycles. The third-order valence-corrected chi connectivity index (χ3v) is 4.02. The Labute approximate surface area is 112 Å². The molecule has 0 bridgehead atoms. The maximum atomic E-state index is 10.6. The Kier molecular flexibility index (Phi) is 3.22. The molecule has 0 spiro atoms. The molecule has 1 fully saturated rings. The second-order valence-electron chi connectivity index (χ2n) is 5.20. The molecule has 4 heteroatoms. The molecule has 1 aromatic carbocycles. The van der Waals surface area contributed by atoms with Crippen molar-refractivity contribution < 1.29 is 9.84 Å². The first-order valence-corrected chi connectivity index (χ1v) is 6.57. The van der Waals surface area contributed by atoms with Gasteiger partial charge in [-0.25, -0.2) is 0 Å². The van der Waals surface area contributed by atoms with Crippen molar-refractivity contribution in [2.24, 2.45) is 11.1 Å². The van der Waals surface area contributed by atoms with Gasteiger partial charge in [-0.3, -0.25) is 4.98 Å². The van der Waals surface area contributed by atoms with Crippen molar-refractivity contribution in [3.8, 4) is 0 Å². The van der Waals surface area contributed by atoms with Gasteiger partial charge in [-0.15, -0.1) is 0 Å². The Morgan fingerprint density at radius 3 is 2.89 bits per heavy atom. The Morgan fingerprint density at radius 1 is 1.32 bits per heavy atom. The highest BCUT2D eigenvalue weighted by atomic mass is 16.5. The van der Waals surface area contributed by atoms with Gasteiger partial charge in [0, 0.05) is 24.0 Å². The number of rotatable bonds is 3. The van der Waals surface area contributed by atoms with Crippen LogP contribution in [0.5, 0.6) is 0 Å². The lowest BCUT2D eigenvalue weighted by molar-refractivity contribution is 0.0164. The normalized spacial score (nSPS) is 24.7. The summed E-state index contributed by atoms with van der Waals surface area (Å²) in [6.07, 6.45) is 0.101. The summed E-state index contributed by atoms with van der Waals surface area (Å²) in [5.41, 5.74) is 7.03. The smallest absolute Gasteiger partial charge is 0.105 e. The second-order valence-corrected chi connectivity index (χ2v) is 5.20. The van der Waals surface area contributed by atoms with E-state index < -0.39 is 11.5 Å². The van der Waals surface area contributed by atoms with E-state index in [4.69, 9.17) is 10.5 Å². The van der Waals surface area contributed by atoms with E-state index in [1.165, 1.54) is 0 Å². The number of aliphatic hydroxyl groups is 1. The highest BCUT2D eigenvalue weighted by Crippen LogP contribution is 2.39. The van der Waals surface area contributed by atoms with E-state index >= 15 is 0 Å². The number of para-hydroxylation sites is 1. The van der Waals surface area contributed by atoms with Gasteiger partial charge in [0.25, 0.3) is 0 Å². The summed E-state index contributed by atoms with van der Waals surface area (Å²) in [7, 11) is 0. The van der Waals surface area contributed by atoms with Gasteiger partial charge in [0.15, 0.2) is 0 Å². The van der Waals surface area contributed by atoms with E-state index in [2.05, 4.69) is 4.98 Å². The Balaban J connectivity index is 1.99. The van der Waals surface area contributed by atoms with Crippen LogP contribution in [0.15, 0.2) is 36.4 Å². The van der Waals surface area contributed by atoms with Crippen LogP contribution in [0.25, 0.3) is 10.9 Å². The molecule has 19 heavy (non-hydrogen) atoms. The van der Waals surface area contributed by atoms with Crippen molar-refractivity contribution >= 4 is 10.9 Å². The SMILES string of the molecule is NCC1(C(O)c2ccc3ccccc3n2)CCOC1. The van der Waals surface area contributed by atoms with Crippen LogP contribution < -0.4 is 5.73 Å². The third-order valence-electron chi connectivity index (χ3n) is 4.02. The average Bonchev–Trinajstić information content (AvgIpc) is 2.96. The molecule has 100 valence electrons. The van der Waals surface area contributed by atoms with Crippen molar-refractivity contribution in [1.29, 1.82) is 0 Å². The van der Waals surface area contributed by atoms with E-state index in [1.54, 1.807) is 0 Å². The van der Waals surface area contributed by atoms with Gasteiger partial charge in [-0.05, 0) is 18.6 Å². The molecular weight excluding hydrogens is 240 g/mol. The predicted molar refractivity (Wildman–Crippen MR) is 73.6 cm³/mol. The zero-order valence-corrected chi connectivity index (χ0v) is 10.7. The van der Waals surface area contributed by atoms with Gasteiger partial charge in [0.2, 0.25) is 0 Å². The van der Waals surface area contributed by atoms with E-state index in [1.807, 2.05) is 36.4 Å². The zero-order chi connectivity index (χ0) is 13.3. The van der Waals surface area contributed by atoms with Gasteiger partial charge in [-0.2, -0.15) is 0 Å². The first kappa shape index (κ1) is 12.5. The summed E-state index contributed by atoms with van der Waals surface area (Å²) in [6, 6.07) is 11.8. The van der Waals surface area contributed by atoms with Crippen molar-refractivity contribution in [2.75, 3.05) is 19.8 Å². The van der Waals surface area contributed by atoms with E-state index in [9.17, 15) is 5.11 Å². The van der Waals surface area contributed by atoms with Crippen molar-refractivity contribution in [1.82, 2.24) is 4.98 Å². The quantitative estimate of drug-likeness (QED) is 0.878. The number of benzene rings is 1. The number of hydrogen-bond acceptors (Lipinski definition) is 4. The highest BCUT2D eigenvalue weighted by Gasteiger charge is 2.42. The fourth-order valence-corrected chi connectivity index (χ4v) is 2.66. The van der Waals surface area contributed by atoms with E-state index in [0.29, 0.717) is 25.5 Å². The Hall–Kier alpha value is -1.49. The van der Waals surface area contributed by atoms with Crippen molar-refractivity contribution in [3.05, 3.63) is 42.1 Å². The maximum Gasteiger partial charge on any atom is 0.105 e. The summed E-state index contributed by atoms with van der Waals surface area (Å²) in [4.78, 5) is 4.55. The van der Waals surface area contributed by atoms with Gasteiger partial charge in [0.1, 0.15) is 6.10 Å². The summed E-state index contributed by atoms with van der Waals surface area (Å²) >= 11 is 0. The van der Waals surface area contributed by atoms with Crippen LogP contribution in [0.1, 0.15) is 18.2 Å². The van der Waals surface area contributed by atoms with E-state index in [0.717, 1.165) is 17.3 Å². The molecular formula is C15H18N2O2. The van der Waals surface area contributed by atoms with E-state index in [-0.39, 0.29) is 0 Å². The minimum Gasteiger partial charge on any atom is -0.386 e. The summed E-state index contributed by atoms with van der Waals surface area (Å²) in [5, 5.41) is 11.7. The minimum absolute atomic E-state index is 0.393. The van der Waals surface area contributed by atoms with Crippen molar-refractivity contribution in [2.45, 2.75) is 12.5 Å². The summed E-state index contributed by atoms with van der Waals surface area (Å²) in [5.74, 6) is 0. The van der Waals surface area contributed by atoms with Gasteiger partial charge >= 0.3 is 0 Å². The van der Waals surface area contributed by atoms with Crippen LogP contribution in [0, 0.1) is 5.41 Å². The largest absolute Gasteiger partial charge is 0.386 e. The molecule has 0 radical (unpaired) electrons. The molecule has 3 rings (SSSR count). The number of hydrogen-bond donors (Lipinski definition) is 2. The first-order valence-electron chi connectivity index (χ1n) is 6.57. The molecule has 4 nitrogen and oxygen atoms in total. The molecule has 0 amide bonds. The number of nitrogens with two attached hydrogens (primary N) is 1. The number of nitrogens with zero attached hydrogens (tertiary/aromatic N) is 1. The predicted octanol–water partition coefficient (Wildman–Crippen LogP) is 1.63. The highest BCUT2D eigenvalue weighted by molar-refractivity contribution is 5.78. The number of fused-ring (bicyclic) bond motifs is 1. The molecule has 1 aromatic heterocycles. The number of pyridine rings is 1. The minimum atomic E-state index is -0.676. The number of aliphatic hydroxyl groups excluding tert-OH is 1.